The van der Waals surface area contributed by atoms with Crippen LogP contribution in [0.25, 0.3) is 11.2 Å². The molecule has 7 nitrogen and oxygen atoms in total. The van der Waals surface area contributed by atoms with Crippen LogP contribution in [-0.2, 0) is 7.05 Å². The molecule has 0 fully saturated rings. The van der Waals surface area contributed by atoms with Gasteiger partial charge in [0.15, 0.2) is 11.2 Å². The van der Waals surface area contributed by atoms with Gasteiger partial charge in [-0.2, -0.15) is 0 Å². The largest absolute Gasteiger partial charge is 0.333 e. The lowest BCUT2D eigenvalue weighted by Crippen LogP contribution is -2.44. The zero-order chi connectivity index (χ0) is 15.2. The monoisotopic (exact) mass is 279 g/mol. The lowest BCUT2D eigenvalue weighted by molar-refractivity contribution is 0.468. The standard InChI is InChI=1S/C13H21N5O2/c1-7(2)17-11-10(16(5)9(4)15-11)12(19)18(13(17)20)8(3)6-14/h7-8H,6,14H2,1-5H3. The van der Waals surface area contributed by atoms with Crippen LogP contribution < -0.4 is 17.0 Å². The highest BCUT2D eigenvalue weighted by molar-refractivity contribution is 5.71. The molecule has 7 heteroatoms. The summed E-state index contributed by atoms with van der Waals surface area (Å²) in [7, 11) is 1.78. The highest BCUT2D eigenvalue weighted by Gasteiger charge is 2.22. The van der Waals surface area contributed by atoms with Crippen molar-refractivity contribution in [3.63, 3.8) is 0 Å². The lowest BCUT2D eigenvalue weighted by Gasteiger charge is -2.17. The number of hydrogen-bond acceptors (Lipinski definition) is 4. The van der Waals surface area contributed by atoms with Gasteiger partial charge in [-0.25, -0.2) is 9.78 Å². The quantitative estimate of drug-likeness (QED) is 0.875. The molecule has 0 aliphatic heterocycles. The number of nitrogens with two attached hydrogens (primary N) is 1. The SMILES string of the molecule is Cc1nc2c(c(=O)n(C(C)CN)c(=O)n2C(C)C)n1C. The molecule has 0 aromatic carbocycles. The molecule has 110 valence electrons. The third kappa shape index (κ3) is 1.89. The Hall–Kier alpha value is -1.89. The first-order chi connectivity index (χ1) is 9.31. The van der Waals surface area contributed by atoms with Crippen LogP contribution in [-0.4, -0.2) is 25.2 Å². The molecule has 0 amide bonds. The molecule has 2 rings (SSSR count). The molecule has 2 N–H and O–H groups in total. The predicted molar refractivity (Wildman–Crippen MR) is 78.1 cm³/mol. The molecule has 0 radical (unpaired) electrons. The molecule has 2 aromatic rings. The zero-order valence-corrected chi connectivity index (χ0v) is 12.5. The van der Waals surface area contributed by atoms with Crippen molar-refractivity contribution in [3.8, 4) is 0 Å². The molecule has 0 saturated heterocycles. The van der Waals surface area contributed by atoms with Crippen molar-refractivity contribution in [3.05, 3.63) is 26.7 Å². The summed E-state index contributed by atoms with van der Waals surface area (Å²) in [5.41, 5.74) is 5.82. The molecule has 0 bridgehead atoms. The molecule has 1 unspecified atom stereocenters. The maximum atomic E-state index is 12.6. The molecular weight excluding hydrogens is 258 g/mol. The summed E-state index contributed by atoms with van der Waals surface area (Å²) in [5.74, 6) is 0.698. The van der Waals surface area contributed by atoms with Gasteiger partial charge in [0.25, 0.3) is 5.56 Å². The molecule has 0 spiro atoms. The van der Waals surface area contributed by atoms with Crippen LogP contribution in [0.3, 0.4) is 0 Å². The van der Waals surface area contributed by atoms with E-state index in [1.54, 1.807) is 23.1 Å². The summed E-state index contributed by atoms with van der Waals surface area (Å²) in [6, 6.07) is -0.435. The smallest absolute Gasteiger partial charge is 0.328 e. The lowest BCUT2D eigenvalue weighted by atomic mass is 10.3. The van der Waals surface area contributed by atoms with Gasteiger partial charge in [-0.05, 0) is 27.7 Å². The van der Waals surface area contributed by atoms with Gasteiger partial charge in [0.2, 0.25) is 0 Å². The van der Waals surface area contributed by atoms with Crippen molar-refractivity contribution in [2.45, 2.75) is 39.8 Å². The van der Waals surface area contributed by atoms with Crippen LogP contribution in [0.2, 0.25) is 0 Å². The maximum Gasteiger partial charge on any atom is 0.333 e. The summed E-state index contributed by atoms with van der Waals surface area (Å²) in [6.45, 7) is 7.60. The minimum atomic E-state index is -0.353. The van der Waals surface area contributed by atoms with Gasteiger partial charge in [-0.1, -0.05) is 0 Å². The Morgan fingerprint density at radius 1 is 1.20 bits per heavy atom. The number of nitrogens with zero attached hydrogens (tertiary/aromatic N) is 4. The summed E-state index contributed by atoms with van der Waals surface area (Å²) in [5, 5.41) is 0. The maximum absolute atomic E-state index is 12.6. The number of rotatable bonds is 3. The zero-order valence-electron chi connectivity index (χ0n) is 12.5. The molecule has 20 heavy (non-hydrogen) atoms. The topological polar surface area (TPSA) is 87.8 Å². The van der Waals surface area contributed by atoms with Crippen LogP contribution in [0.5, 0.6) is 0 Å². The van der Waals surface area contributed by atoms with E-state index in [2.05, 4.69) is 4.98 Å². The van der Waals surface area contributed by atoms with Gasteiger partial charge in [-0.3, -0.25) is 13.9 Å². The number of hydrogen-bond donors (Lipinski definition) is 1. The van der Waals surface area contributed by atoms with E-state index in [0.717, 1.165) is 0 Å². The van der Waals surface area contributed by atoms with Gasteiger partial charge >= 0.3 is 5.69 Å². The second-order valence-corrected chi connectivity index (χ2v) is 5.40. The van der Waals surface area contributed by atoms with Crippen molar-refractivity contribution in [1.82, 2.24) is 18.7 Å². The first-order valence-electron chi connectivity index (χ1n) is 6.71. The molecule has 2 heterocycles. The average Bonchev–Trinajstić information content (AvgIpc) is 2.64. The highest BCUT2D eigenvalue weighted by atomic mass is 16.2. The Labute approximate surface area is 116 Å². The fraction of sp³-hybridized carbons (Fsp3) is 0.615. The van der Waals surface area contributed by atoms with E-state index < -0.39 is 0 Å². The van der Waals surface area contributed by atoms with Gasteiger partial charge in [0.1, 0.15) is 5.82 Å². The van der Waals surface area contributed by atoms with Crippen LogP contribution in [0.15, 0.2) is 9.59 Å². The minimum absolute atomic E-state index is 0.0869. The Kier molecular flexibility index (Phi) is 3.56. The molecule has 0 saturated carbocycles. The van der Waals surface area contributed by atoms with Crippen LogP contribution in [0, 0.1) is 6.92 Å². The van der Waals surface area contributed by atoms with Crippen LogP contribution in [0.4, 0.5) is 0 Å². The summed E-state index contributed by atoms with van der Waals surface area (Å²) < 4.78 is 4.50. The van der Waals surface area contributed by atoms with Crippen molar-refractivity contribution in [2.75, 3.05) is 6.54 Å². The van der Waals surface area contributed by atoms with E-state index in [-0.39, 0.29) is 29.9 Å². The third-order valence-electron chi connectivity index (χ3n) is 3.66. The fourth-order valence-corrected chi connectivity index (χ4v) is 2.37. The molecule has 2 aromatic heterocycles. The van der Waals surface area contributed by atoms with Crippen molar-refractivity contribution >= 4 is 11.2 Å². The van der Waals surface area contributed by atoms with Gasteiger partial charge in [0, 0.05) is 19.6 Å². The number of aryl methyl sites for hydroxylation is 2. The van der Waals surface area contributed by atoms with Crippen LogP contribution >= 0.6 is 0 Å². The minimum Gasteiger partial charge on any atom is -0.328 e. The van der Waals surface area contributed by atoms with E-state index in [4.69, 9.17) is 5.73 Å². The van der Waals surface area contributed by atoms with Crippen LogP contribution in [0.1, 0.15) is 38.7 Å². The highest BCUT2D eigenvalue weighted by Crippen LogP contribution is 2.14. The molecule has 0 aliphatic carbocycles. The average molecular weight is 279 g/mol. The van der Waals surface area contributed by atoms with E-state index >= 15 is 0 Å². The Morgan fingerprint density at radius 3 is 2.30 bits per heavy atom. The van der Waals surface area contributed by atoms with E-state index in [0.29, 0.717) is 17.0 Å². The number of aromatic nitrogens is 4. The van der Waals surface area contributed by atoms with Crippen molar-refractivity contribution in [2.24, 2.45) is 12.8 Å². The Bertz CT molecular complexity index is 766. The number of imidazole rings is 1. The summed E-state index contributed by atoms with van der Waals surface area (Å²) in [6.07, 6.45) is 0. The molecule has 0 aliphatic rings. The Balaban J connectivity index is 3.07. The predicted octanol–water partition coefficient (Wildman–Crippen LogP) is 0.306. The van der Waals surface area contributed by atoms with Gasteiger partial charge in [0.05, 0.1) is 6.04 Å². The van der Waals surface area contributed by atoms with Gasteiger partial charge < -0.3 is 10.3 Å². The van der Waals surface area contributed by atoms with E-state index in [1.807, 2.05) is 20.8 Å². The van der Waals surface area contributed by atoms with Gasteiger partial charge in [-0.15, -0.1) is 0 Å². The third-order valence-corrected chi connectivity index (χ3v) is 3.66. The second-order valence-electron chi connectivity index (χ2n) is 5.40. The van der Waals surface area contributed by atoms with E-state index in [9.17, 15) is 9.59 Å². The van der Waals surface area contributed by atoms with Crippen molar-refractivity contribution in [1.29, 1.82) is 0 Å². The Morgan fingerprint density at radius 2 is 1.80 bits per heavy atom. The summed E-state index contributed by atoms with van der Waals surface area (Å²) >= 11 is 0. The second kappa shape index (κ2) is 4.90. The fourth-order valence-electron chi connectivity index (χ4n) is 2.37. The van der Waals surface area contributed by atoms with Crippen molar-refractivity contribution < 1.29 is 0 Å². The summed E-state index contributed by atoms with van der Waals surface area (Å²) in [4.78, 5) is 29.5. The first kappa shape index (κ1) is 14.5. The van der Waals surface area contributed by atoms with E-state index in [1.165, 1.54) is 4.57 Å². The first-order valence-corrected chi connectivity index (χ1v) is 6.71. The molecule has 1 atom stereocenters. The molecular formula is C13H21N5O2. The normalized spacial score (nSPS) is 13.3. The number of fused-ring (bicyclic) bond motifs is 1.